The number of hydrogen-bond acceptors (Lipinski definition) is 5. The first-order valence-electron chi connectivity index (χ1n) is 6.89. The van der Waals surface area contributed by atoms with Crippen molar-refractivity contribution in [3.05, 3.63) is 22.8 Å². The van der Waals surface area contributed by atoms with Crippen molar-refractivity contribution in [2.24, 2.45) is 0 Å². The average Bonchev–Trinajstić information content (AvgIpc) is 3.03. The van der Waals surface area contributed by atoms with Crippen LogP contribution >= 0.6 is 0 Å². The van der Waals surface area contributed by atoms with E-state index in [9.17, 15) is 14.7 Å². The Morgan fingerprint density at radius 1 is 1.45 bits per heavy atom. The number of esters is 1. The number of carbonyl (C=O) groups excluding carboxylic acids is 2. The Morgan fingerprint density at radius 3 is 2.85 bits per heavy atom. The molecular weight excluding hydrogens is 260 g/mol. The van der Waals surface area contributed by atoms with Gasteiger partial charge in [0.25, 0.3) is 0 Å². The number of hydrogen-bond donors (Lipinski definition) is 1. The molecule has 2 fully saturated rings. The fraction of sp³-hybridized carbons (Fsp3) is 0.600. The quantitative estimate of drug-likeness (QED) is 0.473. The lowest BCUT2D eigenvalue weighted by Crippen LogP contribution is -2.38. The molecule has 5 nitrogen and oxygen atoms in total. The van der Waals surface area contributed by atoms with Crippen LogP contribution in [0.5, 0.6) is 0 Å². The van der Waals surface area contributed by atoms with E-state index in [-0.39, 0.29) is 12.4 Å². The lowest BCUT2D eigenvalue weighted by Gasteiger charge is -2.21. The van der Waals surface area contributed by atoms with Crippen molar-refractivity contribution in [2.75, 3.05) is 6.61 Å². The third-order valence-electron chi connectivity index (χ3n) is 4.17. The Bertz CT molecular complexity index is 540. The van der Waals surface area contributed by atoms with Crippen LogP contribution in [0.3, 0.4) is 0 Å². The number of epoxide rings is 1. The summed E-state index contributed by atoms with van der Waals surface area (Å²) in [7, 11) is 0. The van der Waals surface area contributed by atoms with Crippen LogP contribution in [-0.2, 0) is 19.1 Å². The summed E-state index contributed by atoms with van der Waals surface area (Å²) >= 11 is 0. The van der Waals surface area contributed by atoms with Gasteiger partial charge in [0.2, 0.25) is 0 Å². The van der Waals surface area contributed by atoms with E-state index in [1.165, 1.54) is 5.57 Å². The third kappa shape index (κ3) is 1.93. The van der Waals surface area contributed by atoms with Crippen LogP contribution in [-0.4, -0.2) is 41.3 Å². The predicted octanol–water partition coefficient (Wildman–Crippen LogP) is 1.06. The molecule has 0 radical (unpaired) electrons. The summed E-state index contributed by atoms with van der Waals surface area (Å²) < 4.78 is 10.6. The Hall–Kier alpha value is -1.46. The van der Waals surface area contributed by atoms with Crippen molar-refractivity contribution in [1.29, 1.82) is 0 Å². The molecule has 0 bridgehead atoms. The molecule has 0 amide bonds. The van der Waals surface area contributed by atoms with Gasteiger partial charge in [-0.3, -0.25) is 4.79 Å². The fourth-order valence-corrected chi connectivity index (χ4v) is 3.04. The standard InChI is InChI=1S/C15H18O5/c1-8(2)4-3-5-9-11-10(19-14(9)18)6-15(7-16)13(20-15)12(11)17/h4,10,13,16H,3,5-7H2,1-2H3/t10-,13-,15-/m1/s1. The number of ether oxygens (including phenoxy) is 2. The van der Waals surface area contributed by atoms with Crippen LogP contribution in [0.15, 0.2) is 22.8 Å². The number of aliphatic hydroxyl groups excluding tert-OH is 1. The Labute approximate surface area is 117 Å². The molecule has 1 saturated heterocycles. The van der Waals surface area contributed by atoms with E-state index in [2.05, 4.69) is 0 Å². The summed E-state index contributed by atoms with van der Waals surface area (Å²) in [4.78, 5) is 24.2. The molecule has 3 atom stereocenters. The highest BCUT2D eigenvalue weighted by Crippen LogP contribution is 2.50. The van der Waals surface area contributed by atoms with Crippen molar-refractivity contribution in [3.8, 4) is 0 Å². The van der Waals surface area contributed by atoms with Gasteiger partial charge in [0.1, 0.15) is 11.7 Å². The molecule has 2 heterocycles. The Morgan fingerprint density at radius 2 is 2.20 bits per heavy atom. The average molecular weight is 278 g/mol. The molecule has 20 heavy (non-hydrogen) atoms. The molecule has 0 aromatic rings. The van der Waals surface area contributed by atoms with Crippen molar-refractivity contribution in [1.82, 2.24) is 0 Å². The van der Waals surface area contributed by atoms with Crippen LogP contribution in [0.25, 0.3) is 0 Å². The summed E-state index contributed by atoms with van der Waals surface area (Å²) in [6.07, 6.45) is 2.52. The predicted molar refractivity (Wildman–Crippen MR) is 69.9 cm³/mol. The molecule has 108 valence electrons. The smallest absolute Gasteiger partial charge is 0.335 e. The maximum absolute atomic E-state index is 12.3. The molecule has 1 aliphatic carbocycles. The lowest BCUT2D eigenvalue weighted by molar-refractivity contribution is -0.141. The van der Waals surface area contributed by atoms with E-state index in [4.69, 9.17) is 9.47 Å². The van der Waals surface area contributed by atoms with E-state index in [1.54, 1.807) is 0 Å². The second-order valence-corrected chi connectivity index (χ2v) is 5.90. The SMILES string of the molecule is CC(C)=CCCC1=C2C(=O)[C@H]3O[C@@]3(CO)C[C@H]2OC1=O. The molecule has 3 aliphatic rings. The highest BCUT2D eigenvalue weighted by molar-refractivity contribution is 6.11. The van der Waals surface area contributed by atoms with Gasteiger partial charge in [-0.2, -0.15) is 0 Å². The van der Waals surface area contributed by atoms with E-state index in [0.29, 0.717) is 30.4 Å². The van der Waals surface area contributed by atoms with Crippen LogP contribution < -0.4 is 0 Å². The zero-order valence-corrected chi connectivity index (χ0v) is 11.6. The molecule has 1 N–H and O–H groups in total. The largest absolute Gasteiger partial charge is 0.454 e. The zero-order valence-electron chi connectivity index (χ0n) is 11.6. The summed E-state index contributed by atoms with van der Waals surface area (Å²) in [6, 6.07) is 0. The first-order valence-corrected chi connectivity index (χ1v) is 6.89. The molecule has 2 aliphatic heterocycles. The summed E-state index contributed by atoms with van der Waals surface area (Å²) in [5.41, 5.74) is 1.34. The van der Waals surface area contributed by atoms with Crippen LogP contribution in [0.2, 0.25) is 0 Å². The highest BCUT2D eigenvalue weighted by Gasteiger charge is 2.67. The monoisotopic (exact) mass is 278 g/mol. The van der Waals surface area contributed by atoms with Gasteiger partial charge in [-0.15, -0.1) is 0 Å². The van der Waals surface area contributed by atoms with Crippen molar-refractivity contribution in [3.63, 3.8) is 0 Å². The van der Waals surface area contributed by atoms with Crippen LogP contribution in [0, 0.1) is 0 Å². The first kappa shape index (κ1) is 13.5. The van der Waals surface area contributed by atoms with Gasteiger partial charge in [0.15, 0.2) is 11.9 Å². The van der Waals surface area contributed by atoms with Crippen LogP contribution in [0.1, 0.15) is 33.1 Å². The van der Waals surface area contributed by atoms with Gasteiger partial charge in [-0.1, -0.05) is 11.6 Å². The number of fused-ring (bicyclic) bond motifs is 2. The Kier molecular flexibility index (Phi) is 3.06. The molecule has 0 unspecified atom stereocenters. The summed E-state index contributed by atoms with van der Waals surface area (Å²) in [6.45, 7) is 3.78. The number of ketones is 1. The van der Waals surface area contributed by atoms with Gasteiger partial charge in [-0.05, 0) is 26.7 Å². The molecular formula is C15H18O5. The number of rotatable bonds is 4. The molecule has 1 saturated carbocycles. The van der Waals surface area contributed by atoms with E-state index < -0.39 is 23.8 Å². The second kappa shape index (κ2) is 4.53. The zero-order chi connectivity index (χ0) is 14.5. The number of allylic oxidation sites excluding steroid dienone is 2. The van der Waals surface area contributed by atoms with Crippen LogP contribution in [0.4, 0.5) is 0 Å². The van der Waals surface area contributed by atoms with Gasteiger partial charge >= 0.3 is 5.97 Å². The Balaban J connectivity index is 1.84. The molecule has 5 heteroatoms. The van der Waals surface area contributed by atoms with E-state index >= 15 is 0 Å². The second-order valence-electron chi connectivity index (χ2n) is 5.90. The van der Waals surface area contributed by atoms with Gasteiger partial charge < -0.3 is 14.6 Å². The summed E-state index contributed by atoms with van der Waals surface area (Å²) in [5, 5.41) is 9.32. The molecule has 0 aromatic carbocycles. The van der Waals surface area contributed by atoms with E-state index in [0.717, 1.165) is 0 Å². The number of aliphatic hydroxyl groups is 1. The summed E-state index contributed by atoms with van der Waals surface area (Å²) in [5.74, 6) is -0.580. The molecule has 0 aromatic heterocycles. The van der Waals surface area contributed by atoms with Crippen molar-refractivity contribution in [2.45, 2.75) is 50.9 Å². The molecule has 0 spiro atoms. The minimum atomic E-state index is -0.805. The van der Waals surface area contributed by atoms with Gasteiger partial charge in [0.05, 0.1) is 6.61 Å². The first-order chi connectivity index (χ1) is 9.48. The van der Waals surface area contributed by atoms with Crippen molar-refractivity contribution >= 4 is 11.8 Å². The minimum absolute atomic E-state index is 0.187. The number of Topliss-reactive ketones (excluding diaryl/α,β-unsaturated/α-hetero) is 1. The normalized spacial score (nSPS) is 34.5. The van der Waals surface area contributed by atoms with E-state index in [1.807, 2.05) is 19.9 Å². The molecule has 3 rings (SSSR count). The lowest BCUT2D eigenvalue weighted by atomic mass is 9.81. The minimum Gasteiger partial charge on any atom is -0.454 e. The topological polar surface area (TPSA) is 76.1 Å². The highest BCUT2D eigenvalue weighted by atomic mass is 16.6. The van der Waals surface area contributed by atoms with Gasteiger partial charge in [0, 0.05) is 17.6 Å². The maximum Gasteiger partial charge on any atom is 0.335 e. The third-order valence-corrected chi connectivity index (χ3v) is 4.17. The number of carbonyl (C=O) groups is 2. The van der Waals surface area contributed by atoms with Crippen molar-refractivity contribution < 1.29 is 24.2 Å². The van der Waals surface area contributed by atoms with Gasteiger partial charge in [-0.25, -0.2) is 4.79 Å². The fourth-order valence-electron chi connectivity index (χ4n) is 3.04. The maximum atomic E-state index is 12.3.